The summed E-state index contributed by atoms with van der Waals surface area (Å²) in [6, 6.07) is 3.45. The summed E-state index contributed by atoms with van der Waals surface area (Å²) in [6.45, 7) is 8.32. The Morgan fingerprint density at radius 2 is 2.28 bits per heavy atom. The van der Waals surface area contributed by atoms with Crippen LogP contribution in [0.25, 0.3) is 0 Å². The lowest BCUT2D eigenvalue weighted by atomic mass is 10.0. The molecule has 2 heterocycles. The van der Waals surface area contributed by atoms with Gasteiger partial charge in [-0.1, -0.05) is 11.6 Å². The average molecular weight is 288 g/mol. The van der Waals surface area contributed by atoms with E-state index < -0.39 is 0 Å². The number of halogens is 1. The fourth-order valence-electron chi connectivity index (χ4n) is 2.20. The smallest absolute Gasteiger partial charge is 0.189 e. The van der Waals surface area contributed by atoms with Crippen molar-refractivity contribution in [3.8, 4) is 0 Å². The van der Waals surface area contributed by atoms with E-state index >= 15 is 0 Å². The quantitative estimate of drug-likeness (QED) is 0.800. The third-order valence-electron chi connectivity index (χ3n) is 3.20. The van der Waals surface area contributed by atoms with Gasteiger partial charge in [0.05, 0.1) is 27.5 Å². The third-order valence-corrected chi connectivity index (χ3v) is 4.44. The van der Waals surface area contributed by atoms with Crippen molar-refractivity contribution < 1.29 is 9.53 Å². The molecule has 18 heavy (non-hydrogen) atoms. The number of carbonyl (C=O) groups excluding carboxylic acids is 1. The second-order valence-electron chi connectivity index (χ2n) is 5.22. The molecule has 5 heteroatoms. The van der Waals surface area contributed by atoms with Crippen LogP contribution in [0.5, 0.6) is 0 Å². The normalized spacial score (nSPS) is 21.8. The number of Topliss-reactive ketones (excluding diaryl/α,β-unsaturated/α-hetero) is 1. The molecule has 1 aromatic heterocycles. The fraction of sp³-hybridized carbons (Fsp3) is 0.615. The molecule has 0 saturated carbocycles. The van der Waals surface area contributed by atoms with Crippen LogP contribution in [-0.2, 0) is 4.74 Å². The Hall–Kier alpha value is -0.420. The molecule has 1 fully saturated rings. The molecule has 0 spiro atoms. The van der Waals surface area contributed by atoms with E-state index in [1.54, 1.807) is 12.1 Å². The van der Waals surface area contributed by atoms with Crippen molar-refractivity contribution in [3.05, 3.63) is 21.3 Å². The highest BCUT2D eigenvalue weighted by atomic mass is 35.5. The number of hydrogen-bond donors (Lipinski definition) is 0. The minimum absolute atomic E-state index is 0.122. The number of carbonyl (C=O) groups is 1. The van der Waals surface area contributed by atoms with Crippen LogP contribution in [0.4, 0.5) is 0 Å². The van der Waals surface area contributed by atoms with E-state index in [0.29, 0.717) is 10.9 Å². The summed E-state index contributed by atoms with van der Waals surface area (Å²) in [5.41, 5.74) is -0.181. The molecule has 1 aliphatic rings. The summed E-state index contributed by atoms with van der Waals surface area (Å²) in [6.07, 6.45) is 0. The Bertz CT molecular complexity index is 444. The largest absolute Gasteiger partial charge is 0.373 e. The number of rotatable bonds is 3. The van der Waals surface area contributed by atoms with E-state index in [0.717, 1.165) is 18.0 Å². The summed E-state index contributed by atoms with van der Waals surface area (Å²) in [5.74, 6) is 0.143. The summed E-state index contributed by atoms with van der Waals surface area (Å²) in [4.78, 5) is 15.3. The van der Waals surface area contributed by atoms with Gasteiger partial charge >= 0.3 is 0 Å². The predicted octanol–water partition coefficient (Wildman–Crippen LogP) is 3.08. The molecule has 1 atom stereocenters. The number of nitrogens with zero attached hydrogens (tertiary/aromatic N) is 1. The zero-order valence-corrected chi connectivity index (χ0v) is 12.5. The van der Waals surface area contributed by atoms with Crippen LogP contribution in [-0.4, -0.2) is 42.0 Å². The third kappa shape index (κ3) is 3.12. The molecule has 1 aromatic rings. The summed E-state index contributed by atoms with van der Waals surface area (Å²) >= 11 is 7.22. The molecule has 0 aliphatic carbocycles. The van der Waals surface area contributed by atoms with Crippen LogP contribution in [0.2, 0.25) is 4.34 Å². The summed E-state index contributed by atoms with van der Waals surface area (Å²) in [7, 11) is 0. The minimum atomic E-state index is -0.181. The Balaban J connectivity index is 2.07. The number of thiophene rings is 1. The fourth-order valence-corrected chi connectivity index (χ4v) is 3.27. The van der Waals surface area contributed by atoms with E-state index in [4.69, 9.17) is 16.3 Å². The summed E-state index contributed by atoms with van der Waals surface area (Å²) < 4.78 is 6.32. The Kier molecular flexibility index (Phi) is 4.11. The first kappa shape index (κ1) is 14.0. The van der Waals surface area contributed by atoms with Gasteiger partial charge in [-0.15, -0.1) is 11.3 Å². The van der Waals surface area contributed by atoms with Crippen molar-refractivity contribution in [2.75, 3.05) is 19.7 Å². The van der Waals surface area contributed by atoms with E-state index in [9.17, 15) is 4.79 Å². The molecule has 0 N–H and O–H groups in total. The van der Waals surface area contributed by atoms with Gasteiger partial charge in [0.2, 0.25) is 0 Å². The number of hydrogen-bond acceptors (Lipinski definition) is 4. The molecular weight excluding hydrogens is 270 g/mol. The second-order valence-corrected chi connectivity index (χ2v) is 6.94. The lowest BCUT2D eigenvalue weighted by molar-refractivity contribution is -0.0915. The van der Waals surface area contributed by atoms with Gasteiger partial charge < -0.3 is 4.74 Å². The van der Waals surface area contributed by atoms with E-state index in [1.165, 1.54) is 11.3 Å². The number of ketones is 1. The molecule has 1 aliphatic heterocycles. The van der Waals surface area contributed by atoms with Crippen molar-refractivity contribution in [1.82, 2.24) is 4.90 Å². The minimum Gasteiger partial charge on any atom is -0.373 e. The van der Waals surface area contributed by atoms with Crippen molar-refractivity contribution in [2.45, 2.75) is 32.4 Å². The predicted molar refractivity (Wildman–Crippen MR) is 74.7 cm³/mol. The standard InChI is InChI=1S/C13H18ClNO2S/c1-9(12(16)10-4-5-11(14)18-10)15-6-7-17-13(2,3)8-15/h4-5,9H,6-8H2,1-3H3. The zero-order valence-electron chi connectivity index (χ0n) is 10.9. The molecule has 1 unspecified atom stereocenters. The first-order valence-electron chi connectivity index (χ1n) is 6.07. The molecule has 1 saturated heterocycles. The van der Waals surface area contributed by atoms with Gasteiger partial charge in [0.15, 0.2) is 5.78 Å². The van der Waals surface area contributed by atoms with Gasteiger partial charge in [0.1, 0.15) is 0 Å². The first-order chi connectivity index (χ1) is 8.39. The second kappa shape index (κ2) is 5.29. The van der Waals surface area contributed by atoms with Crippen LogP contribution in [0.15, 0.2) is 12.1 Å². The maximum Gasteiger partial charge on any atom is 0.189 e. The Morgan fingerprint density at radius 3 is 2.83 bits per heavy atom. The maximum atomic E-state index is 12.3. The van der Waals surface area contributed by atoms with Crippen molar-refractivity contribution in [3.63, 3.8) is 0 Å². The van der Waals surface area contributed by atoms with E-state index in [-0.39, 0.29) is 17.4 Å². The van der Waals surface area contributed by atoms with Crippen molar-refractivity contribution in [2.24, 2.45) is 0 Å². The molecule has 3 nitrogen and oxygen atoms in total. The van der Waals surface area contributed by atoms with Gasteiger partial charge in [-0.2, -0.15) is 0 Å². The number of ether oxygens (including phenoxy) is 1. The Labute approximate surface area is 117 Å². The van der Waals surface area contributed by atoms with Crippen molar-refractivity contribution >= 4 is 28.7 Å². The van der Waals surface area contributed by atoms with E-state index in [1.807, 2.05) is 6.92 Å². The highest BCUT2D eigenvalue weighted by Gasteiger charge is 2.32. The molecule has 100 valence electrons. The Morgan fingerprint density at radius 1 is 1.56 bits per heavy atom. The lowest BCUT2D eigenvalue weighted by Crippen LogP contribution is -2.53. The maximum absolute atomic E-state index is 12.3. The van der Waals surface area contributed by atoms with Crippen LogP contribution >= 0.6 is 22.9 Å². The van der Waals surface area contributed by atoms with E-state index in [2.05, 4.69) is 18.7 Å². The van der Waals surface area contributed by atoms with Gasteiger partial charge in [-0.3, -0.25) is 9.69 Å². The van der Waals surface area contributed by atoms with Gasteiger partial charge in [-0.05, 0) is 32.9 Å². The lowest BCUT2D eigenvalue weighted by Gasteiger charge is -2.40. The molecule has 0 amide bonds. The van der Waals surface area contributed by atoms with Gasteiger partial charge in [-0.25, -0.2) is 0 Å². The zero-order chi connectivity index (χ0) is 13.3. The van der Waals surface area contributed by atoms with Crippen LogP contribution in [0.3, 0.4) is 0 Å². The SMILES string of the molecule is CC(C(=O)c1ccc(Cl)s1)N1CCOC(C)(C)C1. The monoisotopic (exact) mass is 287 g/mol. The highest BCUT2D eigenvalue weighted by Crippen LogP contribution is 2.25. The molecule has 2 rings (SSSR count). The van der Waals surface area contributed by atoms with Gasteiger partial charge in [0, 0.05) is 13.1 Å². The molecule has 0 bridgehead atoms. The molecule has 0 aromatic carbocycles. The van der Waals surface area contributed by atoms with Crippen molar-refractivity contribution in [1.29, 1.82) is 0 Å². The summed E-state index contributed by atoms with van der Waals surface area (Å²) in [5, 5.41) is 0. The van der Waals surface area contributed by atoms with Crippen LogP contribution < -0.4 is 0 Å². The van der Waals surface area contributed by atoms with Crippen LogP contribution in [0, 0.1) is 0 Å². The first-order valence-corrected chi connectivity index (χ1v) is 7.26. The van der Waals surface area contributed by atoms with Gasteiger partial charge in [0.25, 0.3) is 0 Å². The number of morpholine rings is 1. The molecule has 0 radical (unpaired) electrons. The topological polar surface area (TPSA) is 29.5 Å². The van der Waals surface area contributed by atoms with Crippen LogP contribution in [0.1, 0.15) is 30.4 Å². The highest BCUT2D eigenvalue weighted by molar-refractivity contribution is 7.18. The average Bonchev–Trinajstić information content (AvgIpc) is 2.72. The molecular formula is C13H18ClNO2S.